The molecule has 1 heterocycles. The number of nitrogens with one attached hydrogen (secondary N) is 1. The molecule has 0 saturated carbocycles. The van der Waals surface area contributed by atoms with E-state index < -0.39 is 6.61 Å². The van der Waals surface area contributed by atoms with Gasteiger partial charge in [-0.3, -0.25) is 4.99 Å². The molecular formula is C20H26F2N4O3. The van der Waals surface area contributed by atoms with Gasteiger partial charge in [0.2, 0.25) is 5.88 Å². The SMILES string of the molecule is CN=C(NCc1cccnc1OCCOC)N(C)Cc1ccc(OC(F)F)cc1. The van der Waals surface area contributed by atoms with Gasteiger partial charge in [-0.1, -0.05) is 18.2 Å². The topological polar surface area (TPSA) is 68.2 Å². The van der Waals surface area contributed by atoms with E-state index in [1.165, 1.54) is 12.1 Å². The number of alkyl halides is 2. The van der Waals surface area contributed by atoms with Gasteiger partial charge >= 0.3 is 6.61 Å². The van der Waals surface area contributed by atoms with Gasteiger partial charge in [0.25, 0.3) is 0 Å². The number of aromatic nitrogens is 1. The highest BCUT2D eigenvalue weighted by atomic mass is 19.3. The number of hydrogen-bond acceptors (Lipinski definition) is 5. The molecule has 0 aliphatic rings. The average Bonchev–Trinajstić information content (AvgIpc) is 2.71. The van der Waals surface area contributed by atoms with Crippen molar-refractivity contribution in [1.82, 2.24) is 15.2 Å². The molecule has 0 amide bonds. The Morgan fingerprint density at radius 2 is 1.97 bits per heavy atom. The quantitative estimate of drug-likeness (QED) is 0.370. The van der Waals surface area contributed by atoms with Gasteiger partial charge in [-0.2, -0.15) is 8.78 Å². The van der Waals surface area contributed by atoms with Gasteiger partial charge in [-0.15, -0.1) is 0 Å². The van der Waals surface area contributed by atoms with E-state index in [0.717, 1.165) is 11.1 Å². The number of aliphatic imine (C=N–C) groups is 1. The second-order valence-corrected chi connectivity index (χ2v) is 6.09. The first kappa shape index (κ1) is 22.4. The molecule has 2 aromatic rings. The maximum Gasteiger partial charge on any atom is 0.387 e. The number of halogens is 2. The van der Waals surface area contributed by atoms with Crippen LogP contribution in [-0.2, 0) is 17.8 Å². The fraction of sp³-hybridized carbons (Fsp3) is 0.400. The molecule has 0 spiro atoms. The first-order chi connectivity index (χ1) is 14.0. The summed E-state index contributed by atoms with van der Waals surface area (Å²) < 4.78 is 39.5. The molecular weight excluding hydrogens is 382 g/mol. The van der Waals surface area contributed by atoms with Gasteiger partial charge in [0, 0.05) is 46.1 Å². The molecule has 0 radical (unpaired) electrons. The number of hydrogen-bond donors (Lipinski definition) is 1. The lowest BCUT2D eigenvalue weighted by molar-refractivity contribution is -0.0498. The largest absolute Gasteiger partial charge is 0.475 e. The third-order valence-electron chi connectivity index (χ3n) is 3.95. The van der Waals surface area contributed by atoms with Crippen molar-refractivity contribution in [3.8, 4) is 11.6 Å². The first-order valence-corrected chi connectivity index (χ1v) is 9.04. The molecule has 29 heavy (non-hydrogen) atoms. The summed E-state index contributed by atoms with van der Waals surface area (Å²) in [6.45, 7) is -0.912. The molecule has 1 aromatic heterocycles. The lowest BCUT2D eigenvalue weighted by Gasteiger charge is -2.22. The monoisotopic (exact) mass is 408 g/mol. The molecule has 158 valence electrons. The summed E-state index contributed by atoms with van der Waals surface area (Å²) >= 11 is 0. The Hall–Kier alpha value is -2.94. The molecule has 0 saturated heterocycles. The van der Waals surface area contributed by atoms with Crippen molar-refractivity contribution >= 4 is 5.96 Å². The van der Waals surface area contributed by atoms with Crippen LogP contribution < -0.4 is 14.8 Å². The Morgan fingerprint density at radius 3 is 2.62 bits per heavy atom. The number of rotatable bonds is 10. The van der Waals surface area contributed by atoms with Crippen LogP contribution in [-0.4, -0.2) is 56.9 Å². The second kappa shape index (κ2) is 11.8. The highest BCUT2D eigenvalue weighted by molar-refractivity contribution is 5.79. The van der Waals surface area contributed by atoms with E-state index in [4.69, 9.17) is 9.47 Å². The lowest BCUT2D eigenvalue weighted by atomic mass is 10.2. The van der Waals surface area contributed by atoms with Crippen LogP contribution in [0.15, 0.2) is 47.6 Å². The number of pyridine rings is 1. The van der Waals surface area contributed by atoms with Gasteiger partial charge in [-0.05, 0) is 23.8 Å². The van der Waals surface area contributed by atoms with Gasteiger partial charge in [0.1, 0.15) is 12.4 Å². The zero-order valence-electron chi connectivity index (χ0n) is 16.8. The van der Waals surface area contributed by atoms with Crippen molar-refractivity contribution < 1.29 is 23.0 Å². The summed E-state index contributed by atoms with van der Waals surface area (Å²) in [4.78, 5) is 10.5. The Morgan fingerprint density at radius 1 is 1.21 bits per heavy atom. The smallest absolute Gasteiger partial charge is 0.387 e. The van der Waals surface area contributed by atoms with E-state index in [1.807, 2.05) is 24.1 Å². The minimum Gasteiger partial charge on any atom is -0.475 e. The Kier molecular flexibility index (Phi) is 9.10. The van der Waals surface area contributed by atoms with E-state index in [2.05, 4.69) is 20.0 Å². The van der Waals surface area contributed by atoms with E-state index in [1.54, 1.807) is 32.5 Å². The van der Waals surface area contributed by atoms with Gasteiger partial charge in [0.05, 0.1) is 6.61 Å². The average molecular weight is 408 g/mol. The normalized spacial score (nSPS) is 11.4. The number of nitrogens with zero attached hydrogens (tertiary/aromatic N) is 3. The number of guanidine groups is 1. The maximum atomic E-state index is 12.2. The van der Waals surface area contributed by atoms with Crippen LogP contribution in [0.1, 0.15) is 11.1 Å². The van der Waals surface area contributed by atoms with Crippen LogP contribution in [0.2, 0.25) is 0 Å². The van der Waals surface area contributed by atoms with Crippen molar-refractivity contribution in [3.05, 3.63) is 53.7 Å². The van der Waals surface area contributed by atoms with E-state index in [0.29, 0.717) is 38.1 Å². The third kappa shape index (κ3) is 7.53. The third-order valence-corrected chi connectivity index (χ3v) is 3.95. The van der Waals surface area contributed by atoms with Crippen LogP contribution in [0.3, 0.4) is 0 Å². The Balaban J connectivity index is 1.93. The van der Waals surface area contributed by atoms with Crippen LogP contribution in [0, 0.1) is 0 Å². The molecule has 0 unspecified atom stereocenters. The molecule has 0 aliphatic heterocycles. The summed E-state index contributed by atoms with van der Waals surface area (Å²) in [5.41, 5.74) is 1.83. The van der Waals surface area contributed by atoms with Crippen LogP contribution >= 0.6 is 0 Å². The molecule has 0 fully saturated rings. The summed E-state index contributed by atoms with van der Waals surface area (Å²) in [6.07, 6.45) is 1.67. The summed E-state index contributed by atoms with van der Waals surface area (Å²) in [5.74, 6) is 1.35. The fourth-order valence-electron chi connectivity index (χ4n) is 2.59. The molecule has 2 rings (SSSR count). The summed E-state index contributed by atoms with van der Waals surface area (Å²) in [6, 6.07) is 10.3. The molecule has 0 atom stereocenters. The highest BCUT2D eigenvalue weighted by Crippen LogP contribution is 2.16. The Bertz CT molecular complexity index is 773. The highest BCUT2D eigenvalue weighted by Gasteiger charge is 2.10. The van der Waals surface area contributed by atoms with Crippen molar-refractivity contribution in [2.45, 2.75) is 19.7 Å². The number of ether oxygens (including phenoxy) is 3. The van der Waals surface area contributed by atoms with Crippen molar-refractivity contribution in [2.75, 3.05) is 34.4 Å². The molecule has 1 aromatic carbocycles. The second-order valence-electron chi connectivity index (χ2n) is 6.09. The Labute approximate surface area is 169 Å². The van der Waals surface area contributed by atoms with Crippen molar-refractivity contribution in [3.63, 3.8) is 0 Å². The molecule has 0 bridgehead atoms. The van der Waals surface area contributed by atoms with Crippen LogP contribution in [0.5, 0.6) is 11.6 Å². The van der Waals surface area contributed by atoms with E-state index >= 15 is 0 Å². The number of benzene rings is 1. The minimum absolute atomic E-state index is 0.131. The van der Waals surface area contributed by atoms with Crippen LogP contribution in [0.4, 0.5) is 8.78 Å². The summed E-state index contributed by atoms with van der Waals surface area (Å²) in [7, 11) is 5.19. The zero-order valence-corrected chi connectivity index (χ0v) is 16.8. The standard InChI is InChI=1S/C20H26F2N4O3/c1-23-20(25-13-16-5-4-10-24-18(16)28-12-11-27-3)26(2)14-15-6-8-17(9-7-15)29-19(21)22/h4-10,19H,11-14H2,1-3H3,(H,23,25). The minimum atomic E-state index is -2.83. The molecule has 9 heteroatoms. The lowest BCUT2D eigenvalue weighted by Crippen LogP contribution is -2.38. The predicted molar refractivity (Wildman–Crippen MR) is 106 cm³/mol. The van der Waals surface area contributed by atoms with Crippen LogP contribution in [0.25, 0.3) is 0 Å². The van der Waals surface area contributed by atoms with Gasteiger partial charge in [0.15, 0.2) is 5.96 Å². The zero-order chi connectivity index (χ0) is 21.1. The molecule has 1 N–H and O–H groups in total. The van der Waals surface area contributed by atoms with Gasteiger partial charge < -0.3 is 24.4 Å². The molecule has 0 aliphatic carbocycles. The predicted octanol–water partition coefficient (Wildman–Crippen LogP) is 2.92. The van der Waals surface area contributed by atoms with E-state index in [-0.39, 0.29) is 5.75 Å². The fourth-order valence-corrected chi connectivity index (χ4v) is 2.59. The summed E-state index contributed by atoms with van der Waals surface area (Å²) in [5, 5.41) is 3.27. The van der Waals surface area contributed by atoms with Crippen molar-refractivity contribution in [2.24, 2.45) is 4.99 Å². The van der Waals surface area contributed by atoms with Crippen molar-refractivity contribution in [1.29, 1.82) is 0 Å². The first-order valence-electron chi connectivity index (χ1n) is 9.04. The molecule has 7 nitrogen and oxygen atoms in total. The van der Waals surface area contributed by atoms with Gasteiger partial charge in [-0.25, -0.2) is 4.98 Å². The maximum absolute atomic E-state index is 12.2. The number of methoxy groups -OCH3 is 1. The van der Waals surface area contributed by atoms with E-state index in [9.17, 15) is 8.78 Å².